The molecule has 0 spiro atoms. The maximum absolute atomic E-state index is 10.5. The van der Waals surface area contributed by atoms with E-state index >= 15 is 0 Å². The Morgan fingerprint density at radius 2 is 2.58 bits per heavy atom. The molecule has 0 aliphatic heterocycles. The average Bonchev–Trinajstić information content (AvgIpc) is 2.51. The monoisotopic (exact) mass is 170 g/mol. The maximum atomic E-state index is 10.5. The molecule has 1 aromatic rings. The number of nitrogens with two attached hydrogens (primary N) is 1. The molecule has 0 amide bonds. The predicted molar refractivity (Wildman–Crippen MR) is 40.4 cm³/mol. The number of aliphatic carboxylic acids is 1. The Morgan fingerprint density at radius 1 is 1.83 bits per heavy atom. The van der Waals surface area contributed by atoms with Crippen LogP contribution in [0.1, 0.15) is 5.76 Å². The first-order valence-electron chi connectivity index (χ1n) is 3.56. The molecule has 0 aliphatic rings. The van der Waals surface area contributed by atoms with Gasteiger partial charge >= 0.3 is 5.97 Å². The second-order valence-electron chi connectivity index (χ2n) is 2.45. The number of rotatable bonds is 4. The highest BCUT2D eigenvalue weighted by Gasteiger charge is 2.17. The highest BCUT2D eigenvalue weighted by Crippen LogP contribution is 2.06. The molecule has 0 bridgehead atoms. The molecular formula is C7H10N2O3. The van der Waals surface area contributed by atoms with E-state index in [1.54, 1.807) is 6.07 Å². The van der Waals surface area contributed by atoms with Gasteiger partial charge in [0.1, 0.15) is 5.76 Å². The van der Waals surface area contributed by atoms with E-state index in [9.17, 15) is 4.79 Å². The van der Waals surface area contributed by atoms with Crippen LogP contribution in [0.3, 0.4) is 0 Å². The molecule has 0 saturated carbocycles. The molecule has 0 radical (unpaired) electrons. The van der Waals surface area contributed by atoms with Crippen molar-refractivity contribution in [2.24, 2.45) is 11.7 Å². The van der Waals surface area contributed by atoms with Crippen molar-refractivity contribution < 1.29 is 14.4 Å². The number of hydrogen-bond donors (Lipinski definition) is 2. The third kappa shape index (κ3) is 2.06. The smallest absolute Gasteiger partial charge is 0.308 e. The fourth-order valence-corrected chi connectivity index (χ4v) is 0.862. The summed E-state index contributed by atoms with van der Waals surface area (Å²) in [6.07, 6.45) is 1.77. The molecule has 5 nitrogen and oxygen atoms in total. The lowest BCUT2D eigenvalue weighted by atomic mass is 10.1. The lowest BCUT2D eigenvalue weighted by molar-refractivity contribution is -0.141. The van der Waals surface area contributed by atoms with Gasteiger partial charge in [0.2, 0.25) is 0 Å². The van der Waals surface area contributed by atoms with Gasteiger partial charge < -0.3 is 15.4 Å². The SMILES string of the molecule is NCC(Cc1ccno1)C(=O)O. The van der Waals surface area contributed by atoms with Crippen LogP contribution in [0, 0.1) is 5.92 Å². The molecule has 5 heteroatoms. The van der Waals surface area contributed by atoms with Crippen LogP contribution in [0.15, 0.2) is 16.8 Å². The first-order valence-corrected chi connectivity index (χ1v) is 3.56. The van der Waals surface area contributed by atoms with E-state index in [-0.39, 0.29) is 6.54 Å². The summed E-state index contributed by atoms with van der Waals surface area (Å²) in [6, 6.07) is 1.63. The van der Waals surface area contributed by atoms with E-state index in [4.69, 9.17) is 15.4 Å². The van der Waals surface area contributed by atoms with Crippen LogP contribution in [-0.4, -0.2) is 22.8 Å². The van der Waals surface area contributed by atoms with Crippen molar-refractivity contribution in [2.75, 3.05) is 6.54 Å². The van der Waals surface area contributed by atoms with Gasteiger partial charge in [0, 0.05) is 19.0 Å². The fourth-order valence-electron chi connectivity index (χ4n) is 0.862. The number of aromatic nitrogens is 1. The van der Waals surface area contributed by atoms with Crippen molar-refractivity contribution >= 4 is 5.97 Å². The standard InChI is InChI=1S/C7H10N2O3/c8-4-5(7(10)11)3-6-1-2-9-12-6/h1-2,5H,3-4,8H2,(H,10,11). The number of carboxylic acid groups (broad SMARTS) is 1. The van der Waals surface area contributed by atoms with Crippen LogP contribution in [-0.2, 0) is 11.2 Å². The summed E-state index contributed by atoms with van der Waals surface area (Å²) < 4.78 is 4.75. The molecule has 66 valence electrons. The fraction of sp³-hybridized carbons (Fsp3) is 0.429. The summed E-state index contributed by atoms with van der Waals surface area (Å²) in [5.41, 5.74) is 5.25. The van der Waals surface area contributed by atoms with Crippen LogP contribution in [0.25, 0.3) is 0 Å². The van der Waals surface area contributed by atoms with Crippen LogP contribution < -0.4 is 5.73 Å². The second kappa shape index (κ2) is 3.87. The van der Waals surface area contributed by atoms with Gasteiger partial charge in [-0.1, -0.05) is 5.16 Å². The quantitative estimate of drug-likeness (QED) is 0.657. The van der Waals surface area contributed by atoms with Crippen LogP contribution in [0.2, 0.25) is 0 Å². The van der Waals surface area contributed by atoms with Crippen molar-refractivity contribution in [1.82, 2.24) is 5.16 Å². The zero-order valence-corrected chi connectivity index (χ0v) is 6.43. The van der Waals surface area contributed by atoms with Crippen molar-refractivity contribution in [2.45, 2.75) is 6.42 Å². The highest BCUT2D eigenvalue weighted by molar-refractivity contribution is 5.70. The third-order valence-corrected chi connectivity index (χ3v) is 1.57. The summed E-state index contributed by atoms with van der Waals surface area (Å²) >= 11 is 0. The highest BCUT2D eigenvalue weighted by atomic mass is 16.5. The van der Waals surface area contributed by atoms with Crippen molar-refractivity contribution in [3.63, 3.8) is 0 Å². The summed E-state index contributed by atoms with van der Waals surface area (Å²) in [5, 5.41) is 12.1. The Hall–Kier alpha value is -1.36. The predicted octanol–water partition coefficient (Wildman–Crippen LogP) is -0.123. The first-order chi connectivity index (χ1) is 5.74. The Bertz CT molecular complexity index is 245. The van der Waals surface area contributed by atoms with E-state index < -0.39 is 11.9 Å². The van der Waals surface area contributed by atoms with Crippen LogP contribution in [0.5, 0.6) is 0 Å². The second-order valence-corrected chi connectivity index (χ2v) is 2.45. The number of nitrogens with zero attached hydrogens (tertiary/aromatic N) is 1. The summed E-state index contributed by atoms with van der Waals surface area (Å²) in [6.45, 7) is 0.107. The Balaban J connectivity index is 2.54. The minimum atomic E-state index is -0.908. The minimum Gasteiger partial charge on any atom is -0.481 e. The Morgan fingerprint density at radius 3 is 3.00 bits per heavy atom. The van der Waals surface area contributed by atoms with E-state index in [1.807, 2.05) is 0 Å². The van der Waals surface area contributed by atoms with E-state index in [1.165, 1.54) is 6.20 Å². The van der Waals surface area contributed by atoms with Gasteiger partial charge in [-0.05, 0) is 0 Å². The molecule has 1 rings (SSSR count). The van der Waals surface area contributed by atoms with Gasteiger partial charge in [-0.25, -0.2) is 0 Å². The van der Waals surface area contributed by atoms with Gasteiger partial charge in [-0.15, -0.1) is 0 Å². The molecule has 0 fully saturated rings. The molecule has 1 unspecified atom stereocenters. The topological polar surface area (TPSA) is 89.4 Å². The molecule has 0 saturated heterocycles. The number of carbonyl (C=O) groups is 1. The van der Waals surface area contributed by atoms with Crippen molar-refractivity contribution in [3.05, 3.63) is 18.0 Å². The average molecular weight is 170 g/mol. The van der Waals surface area contributed by atoms with Crippen LogP contribution >= 0.6 is 0 Å². The molecule has 1 atom stereocenters. The summed E-state index contributed by atoms with van der Waals surface area (Å²) in [7, 11) is 0. The molecule has 0 aromatic carbocycles. The minimum absolute atomic E-state index is 0.107. The number of carboxylic acids is 1. The molecule has 1 aromatic heterocycles. The molecule has 1 heterocycles. The lowest BCUT2D eigenvalue weighted by Crippen LogP contribution is -2.25. The van der Waals surface area contributed by atoms with Gasteiger partial charge in [0.05, 0.1) is 12.1 Å². The van der Waals surface area contributed by atoms with Gasteiger partial charge in [0.15, 0.2) is 0 Å². The van der Waals surface area contributed by atoms with Crippen LogP contribution in [0.4, 0.5) is 0 Å². The van der Waals surface area contributed by atoms with Gasteiger partial charge in [-0.3, -0.25) is 4.79 Å². The van der Waals surface area contributed by atoms with E-state index in [0.717, 1.165) is 0 Å². The molecule has 0 aliphatic carbocycles. The molecular weight excluding hydrogens is 160 g/mol. The molecule has 3 N–H and O–H groups in total. The zero-order chi connectivity index (χ0) is 8.97. The summed E-state index contributed by atoms with van der Waals surface area (Å²) in [4.78, 5) is 10.5. The zero-order valence-electron chi connectivity index (χ0n) is 6.43. The largest absolute Gasteiger partial charge is 0.481 e. The number of hydrogen-bond acceptors (Lipinski definition) is 4. The Kier molecular flexibility index (Phi) is 2.82. The molecule has 12 heavy (non-hydrogen) atoms. The first kappa shape index (κ1) is 8.73. The van der Waals surface area contributed by atoms with Crippen molar-refractivity contribution in [3.8, 4) is 0 Å². The van der Waals surface area contributed by atoms with E-state index in [2.05, 4.69) is 5.16 Å². The maximum Gasteiger partial charge on any atom is 0.308 e. The van der Waals surface area contributed by atoms with Gasteiger partial charge in [0.25, 0.3) is 0 Å². The van der Waals surface area contributed by atoms with Gasteiger partial charge in [-0.2, -0.15) is 0 Å². The van der Waals surface area contributed by atoms with Crippen molar-refractivity contribution in [1.29, 1.82) is 0 Å². The third-order valence-electron chi connectivity index (χ3n) is 1.57. The Labute approximate surface area is 69.2 Å². The lowest BCUT2D eigenvalue weighted by Gasteiger charge is -2.05. The summed E-state index contributed by atoms with van der Waals surface area (Å²) in [5.74, 6) is -0.945. The normalized spacial score (nSPS) is 12.8. The van der Waals surface area contributed by atoms with E-state index in [0.29, 0.717) is 12.2 Å².